The molecule has 0 radical (unpaired) electrons. The van der Waals surface area contributed by atoms with Crippen molar-refractivity contribution in [2.75, 3.05) is 13.2 Å². The Morgan fingerprint density at radius 1 is 1.62 bits per heavy atom. The van der Waals surface area contributed by atoms with Gasteiger partial charge in [-0.1, -0.05) is 13.3 Å². The lowest BCUT2D eigenvalue weighted by atomic mass is 9.98. The number of amides is 1. The van der Waals surface area contributed by atoms with Crippen molar-refractivity contribution in [1.29, 1.82) is 0 Å². The molecule has 0 bridgehead atoms. The second-order valence-corrected chi connectivity index (χ2v) is 5.11. The van der Waals surface area contributed by atoms with E-state index >= 15 is 0 Å². The highest BCUT2D eigenvalue weighted by Crippen LogP contribution is 2.25. The predicted molar refractivity (Wildman–Crippen MR) is 62.1 cm³/mol. The highest BCUT2D eigenvalue weighted by Gasteiger charge is 2.38. The summed E-state index contributed by atoms with van der Waals surface area (Å²) in [4.78, 5) is 11.9. The van der Waals surface area contributed by atoms with Crippen LogP contribution in [-0.4, -0.2) is 35.4 Å². The molecule has 0 aromatic heterocycles. The third kappa shape index (κ3) is 3.46. The summed E-state index contributed by atoms with van der Waals surface area (Å²) in [6, 6.07) is 0. The predicted octanol–water partition coefficient (Wildman–Crippen LogP) is 1.22. The van der Waals surface area contributed by atoms with E-state index in [1.807, 2.05) is 13.8 Å². The van der Waals surface area contributed by atoms with Gasteiger partial charge in [0.1, 0.15) is 5.60 Å². The van der Waals surface area contributed by atoms with Gasteiger partial charge >= 0.3 is 0 Å². The highest BCUT2D eigenvalue weighted by molar-refractivity contribution is 5.85. The summed E-state index contributed by atoms with van der Waals surface area (Å²) in [5.41, 5.74) is -1.51. The average molecular weight is 229 g/mol. The first kappa shape index (κ1) is 13.5. The van der Waals surface area contributed by atoms with Crippen LogP contribution < -0.4 is 5.32 Å². The van der Waals surface area contributed by atoms with Crippen LogP contribution in [0.1, 0.15) is 46.5 Å². The van der Waals surface area contributed by atoms with Crippen molar-refractivity contribution in [3.8, 4) is 0 Å². The van der Waals surface area contributed by atoms with E-state index in [1.165, 1.54) is 0 Å². The fraction of sp³-hybridized carbons (Fsp3) is 0.917. The molecule has 1 aliphatic rings. The molecule has 16 heavy (non-hydrogen) atoms. The van der Waals surface area contributed by atoms with Crippen LogP contribution in [0.25, 0.3) is 0 Å². The van der Waals surface area contributed by atoms with Gasteiger partial charge in [-0.15, -0.1) is 0 Å². The lowest BCUT2D eigenvalue weighted by Crippen LogP contribution is -2.49. The summed E-state index contributed by atoms with van der Waals surface area (Å²) < 4.78 is 5.43. The largest absolute Gasteiger partial charge is 0.388 e. The number of hydrogen-bond acceptors (Lipinski definition) is 3. The topological polar surface area (TPSA) is 58.6 Å². The van der Waals surface area contributed by atoms with Gasteiger partial charge in [0.2, 0.25) is 0 Å². The minimum Gasteiger partial charge on any atom is -0.388 e. The van der Waals surface area contributed by atoms with Gasteiger partial charge in [0, 0.05) is 13.2 Å². The first-order valence-corrected chi connectivity index (χ1v) is 6.04. The van der Waals surface area contributed by atoms with E-state index < -0.39 is 11.2 Å². The molecule has 4 nitrogen and oxygen atoms in total. The molecule has 2 N–H and O–H groups in total. The molecule has 0 aromatic carbocycles. The van der Waals surface area contributed by atoms with E-state index in [2.05, 4.69) is 5.32 Å². The Morgan fingerprint density at radius 3 is 2.81 bits per heavy atom. The van der Waals surface area contributed by atoms with Gasteiger partial charge in [0.15, 0.2) is 0 Å². The molecule has 1 heterocycles. The quantitative estimate of drug-likeness (QED) is 0.745. The number of aliphatic hydroxyl groups is 1. The molecule has 2 unspecified atom stereocenters. The molecule has 4 heteroatoms. The molecular weight excluding hydrogens is 206 g/mol. The third-order valence-electron chi connectivity index (χ3n) is 3.12. The first-order chi connectivity index (χ1) is 7.40. The van der Waals surface area contributed by atoms with E-state index in [-0.39, 0.29) is 5.91 Å². The fourth-order valence-corrected chi connectivity index (χ4v) is 2.04. The number of ether oxygens (including phenoxy) is 1. The summed E-state index contributed by atoms with van der Waals surface area (Å²) in [5, 5.41) is 12.7. The maximum absolute atomic E-state index is 11.9. The highest BCUT2D eigenvalue weighted by atomic mass is 16.5. The zero-order valence-electron chi connectivity index (χ0n) is 10.5. The van der Waals surface area contributed by atoms with E-state index in [1.54, 1.807) is 6.92 Å². The SMILES string of the molecule is CCCC(C)(O)CNC(=O)C1(C)CCCO1. The molecule has 1 amide bonds. The molecule has 0 saturated carbocycles. The van der Waals surface area contributed by atoms with Crippen LogP contribution in [0.3, 0.4) is 0 Å². The lowest BCUT2D eigenvalue weighted by Gasteiger charge is -2.27. The van der Waals surface area contributed by atoms with Crippen molar-refractivity contribution in [2.24, 2.45) is 0 Å². The molecular formula is C12H23NO3. The Kier molecular flexibility index (Phi) is 4.33. The zero-order valence-corrected chi connectivity index (χ0v) is 10.5. The number of carbonyl (C=O) groups is 1. The molecule has 0 aromatic rings. The zero-order chi connectivity index (χ0) is 12.2. The minimum absolute atomic E-state index is 0.110. The molecule has 1 rings (SSSR count). The summed E-state index contributed by atoms with van der Waals surface area (Å²) in [5.74, 6) is -0.110. The number of carbonyl (C=O) groups excluding carboxylic acids is 1. The first-order valence-electron chi connectivity index (χ1n) is 6.04. The number of rotatable bonds is 5. The van der Waals surface area contributed by atoms with Crippen LogP contribution in [0.5, 0.6) is 0 Å². The number of hydrogen-bond donors (Lipinski definition) is 2. The second kappa shape index (κ2) is 5.15. The van der Waals surface area contributed by atoms with Crippen LogP contribution >= 0.6 is 0 Å². The van der Waals surface area contributed by atoms with Crippen molar-refractivity contribution in [2.45, 2.75) is 57.7 Å². The van der Waals surface area contributed by atoms with E-state index in [0.717, 1.165) is 19.3 Å². The Morgan fingerprint density at radius 2 is 2.31 bits per heavy atom. The van der Waals surface area contributed by atoms with Crippen LogP contribution in [0.15, 0.2) is 0 Å². The van der Waals surface area contributed by atoms with Crippen LogP contribution in [0, 0.1) is 0 Å². The molecule has 1 aliphatic heterocycles. The summed E-state index contributed by atoms with van der Waals surface area (Å²) in [7, 11) is 0. The standard InChI is InChI=1S/C12H23NO3/c1-4-6-11(2,15)9-13-10(14)12(3)7-5-8-16-12/h15H,4-9H2,1-3H3,(H,13,14). The lowest BCUT2D eigenvalue weighted by molar-refractivity contribution is -0.140. The fourth-order valence-electron chi connectivity index (χ4n) is 2.04. The minimum atomic E-state index is -0.820. The molecule has 1 saturated heterocycles. The normalized spacial score (nSPS) is 28.8. The summed E-state index contributed by atoms with van der Waals surface area (Å²) in [6.45, 7) is 6.50. The van der Waals surface area contributed by atoms with Gasteiger partial charge in [-0.05, 0) is 33.1 Å². The van der Waals surface area contributed by atoms with Gasteiger partial charge in [0.05, 0.1) is 5.60 Å². The maximum Gasteiger partial charge on any atom is 0.252 e. The van der Waals surface area contributed by atoms with Gasteiger partial charge in [-0.2, -0.15) is 0 Å². The third-order valence-corrected chi connectivity index (χ3v) is 3.12. The van der Waals surface area contributed by atoms with E-state index in [0.29, 0.717) is 19.6 Å². The Labute approximate surface area is 97.4 Å². The maximum atomic E-state index is 11.9. The van der Waals surface area contributed by atoms with Crippen molar-refractivity contribution >= 4 is 5.91 Å². The number of nitrogens with one attached hydrogen (secondary N) is 1. The van der Waals surface area contributed by atoms with E-state index in [9.17, 15) is 9.90 Å². The van der Waals surface area contributed by atoms with E-state index in [4.69, 9.17) is 4.74 Å². The van der Waals surface area contributed by atoms with Gasteiger partial charge < -0.3 is 15.2 Å². The Hall–Kier alpha value is -0.610. The smallest absolute Gasteiger partial charge is 0.252 e. The Balaban J connectivity index is 2.40. The van der Waals surface area contributed by atoms with Gasteiger partial charge in [-0.25, -0.2) is 0 Å². The average Bonchev–Trinajstić information content (AvgIpc) is 2.63. The van der Waals surface area contributed by atoms with Gasteiger partial charge in [-0.3, -0.25) is 4.79 Å². The van der Waals surface area contributed by atoms with Crippen LogP contribution in [0.4, 0.5) is 0 Å². The van der Waals surface area contributed by atoms with Gasteiger partial charge in [0.25, 0.3) is 5.91 Å². The Bertz CT molecular complexity index is 245. The molecule has 0 aliphatic carbocycles. The molecule has 0 spiro atoms. The molecule has 94 valence electrons. The second-order valence-electron chi connectivity index (χ2n) is 5.11. The van der Waals surface area contributed by atoms with Crippen LogP contribution in [-0.2, 0) is 9.53 Å². The molecule has 1 fully saturated rings. The molecule has 2 atom stereocenters. The summed E-state index contributed by atoms with van der Waals surface area (Å²) >= 11 is 0. The van der Waals surface area contributed by atoms with Crippen LogP contribution in [0.2, 0.25) is 0 Å². The monoisotopic (exact) mass is 229 g/mol. The summed E-state index contributed by atoms with van der Waals surface area (Å²) in [6.07, 6.45) is 3.27. The van der Waals surface area contributed by atoms with Crippen molar-refractivity contribution in [3.63, 3.8) is 0 Å². The van der Waals surface area contributed by atoms with Crippen molar-refractivity contribution in [3.05, 3.63) is 0 Å². The van der Waals surface area contributed by atoms with Crippen molar-refractivity contribution < 1.29 is 14.6 Å². The van der Waals surface area contributed by atoms with Crippen molar-refractivity contribution in [1.82, 2.24) is 5.32 Å².